The van der Waals surface area contributed by atoms with E-state index in [1.54, 1.807) is 11.8 Å². The van der Waals surface area contributed by atoms with Crippen molar-refractivity contribution in [2.45, 2.75) is 10.6 Å². The third kappa shape index (κ3) is 4.15. The summed E-state index contributed by atoms with van der Waals surface area (Å²) < 4.78 is 0. The minimum Gasteiger partial charge on any atom is -0.397 e. The van der Waals surface area contributed by atoms with Crippen LogP contribution < -0.4 is 5.73 Å². The van der Waals surface area contributed by atoms with Crippen molar-refractivity contribution in [2.75, 3.05) is 5.73 Å². The fraction of sp³-hybridized carbons (Fsp3) is 0.0769. The molecule has 0 aliphatic rings. The third-order valence-electron chi connectivity index (χ3n) is 2.22. The highest BCUT2D eigenvalue weighted by molar-refractivity contribution is 7.98. The Kier molecular flexibility index (Phi) is 5.69. The van der Waals surface area contributed by atoms with Crippen molar-refractivity contribution in [1.29, 1.82) is 0 Å². The van der Waals surface area contributed by atoms with Crippen LogP contribution in [0.25, 0.3) is 0 Å². The van der Waals surface area contributed by atoms with Crippen LogP contribution in [-0.2, 0) is 5.75 Å². The minimum atomic E-state index is 0. The van der Waals surface area contributed by atoms with Gasteiger partial charge in [0, 0.05) is 10.6 Å². The highest BCUT2D eigenvalue weighted by atomic mass is 35.5. The maximum Gasteiger partial charge on any atom is 0.0636 e. The summed E-state index contributed by atoms with van der Waals surface area (Å²) in [6.07, 6.45) is 0. The summed E-state index contributed by atoms with van der Waals surface area (Å²) in [6, 6.07) is 16.1. The monoisotopic (exact) mass is 285 g/mol. The van der Waals surface area contributed by atoms with Crippen molar-refractivity contribution in [2.24, 2.45) is 0 Å². The molecule has 0 bridgehead atoms. The molecule has 2 N–H and O–H groups in total. The molecule has 0 aliphatic heterocycles. The third-order valence-corrected chi connectivity index (χ3v) is 3.62. The van der Waals surface area contributed by atoms with Crippen molar-refractivity contribution >= 4 is 41.5 Å². The number of anilines is 1. The molecule has 0 aromatic heterocycles. The summed E-state index contributed by atoms with van der Waals surface area (Å²) in [7, 11) is 0. The molecule has 0 saturated carbocycles. The zero-order valence-electron chi connectivity index (χ0n) is 9.10. The highest BCUT2D eigenvalue weighted by Gasteiger charge is 1.99. The molecule has 0 spiro atoms. The van der Waals surface area contributed by atoms with Crippen molar-refractivity contribution in [3.8, 4) is 0 Å². The number of benzene rings is 2. The Hall–Kier alpha value is -0.830. The Bertz CT molecular complexity index is 474. The van der Waals surface area contributed by atoms with Gasteiger partial charge in [-0.3, -0.25) is 0 Å². The van der Waals surface area contributed by atoms with Crippen LogP contribution in [0.1, 0.15) is 5.56 Å². The first kappa shape index (κ1) is 14.2. The Morgan fingerprint density at radius 2 is 1.76 bits per heavy atom. The topological polar surface area (TPSA) is 26.0 Å². The molecule has 1 nitrogen and oxygen atoms in total. The molecule has 0 radical (unpaired) electrons. The second-order valence-corrected chi connectivity index (χ2v) is 4.91. The second kappa shape index (κ2) is 6.80. The van der Waals surface area contributed by atoms with Gasteiger partial charge in [-0.15, -0.1) is 24.2 Å². The van der Waals surface area contributed by atoms with E-state index in [0.29, 0.717) is 10.7 Å². The van der Waals surface area contributed by atoms with Crippen LogP contribution in [0.5, 0.6) is 0 Å². The lowest BCUT2D eigenvalue weighted by Gasteiger charge is -2.04. The average Bonchev–Trinajstić information content (AvgIpc) is 2.32. The molecule has 0 atom stereocenters. The molecule has 0 saturated heterocycles. The van der Waals surface area contributed by atoms with Crippen LogP contribution >= 0.6 is 35.8 Å². The molecule has 2 rings (SSSR count). The van der Waals surface area contributed by atoms with E-state index in [2.05, 4.69) is 12.1 Å². The SMILES string of the molecule is Cl.Nc1cc(SCc2ccccc2)ccc1Cl. The number of nitrogen functional groups attached to an aromatic ring is 1. The molecule has 17 heavy (non-hydrogen) atoms. The standard InChI is InChI=1S/C13H12ClNS.ClH/c14-12-7-6-11(8-13(12)15)16-9-10-4-2-1-3-5-10;/h1-8H,9,15H2;1H. The van der Waals surface area contributed by atoms with Crippen LogP contribution in [-0.4, -0.2) is 0 Å². The summed E-state index contributed by atoms with van der Waals surface area (Å²) in [6.45, 7) is 0. The van der Waals surface area contributed by atoms with Crippen LogP contribution in [0.2, 0.25) is 5.02 Å². The maximum atomic E-state index is 5.86. The predicted molar refractivity (Wildman–Crippen MR) is 79.1 cm³/mol. The van der Waals surface area contributed by atoms with Crippen LogP contribution in [0, 0.1) is 0 Å². The molecular weight excluding hydrogens is 273 g/mol. The average molecular weight is 286 g/mol. The minimum absolute atomic E-state index is 0. The lowest BCUT2D eigenvalue weighted by Crippen LogP contribution is -1.86. The summed E-state index contributed by atoms with van der Waals surface area (Å²) in [4.78, 5) is 1.14. The van der Waals surface area contributed by atoms with E-state index < -0.39 is 0 Å². The van der Waals surface area contributed by atoms with E-state index >= 15 is 0 Å². The number of halogens is 2. The molecule has 4 heteroatoms. The molecule has 0 unspecified atom stereocenters. The van der Waals surface area contributed by atoms with E-state index in [4.69, 9.17) is 17.3 Å². The predicted octanol–water partition coefficient (Wildman–Crippen LogP) is 4.64. The van der Waals surface area contributed by atoms with Gasteiger partial charge in [0.25, 0.3) is 0 Å². The van der Waals surface area contributed by atoms with E-state index in [0.717, 1.165) is 10.6 Å². The lowest BCUT2D eigenvalue weighted by molar-refractivity contribution is 1.38. The highest BCUT2D eigenvalue weighted by Crippen LogP contribution is 2.28. The number of hydrogen-bond acceptors (Lipinski definition) is 2. The quantitative estimate of drug-likeness (QED) is 0.657. The molecule has 0 heterocycles. The number of nitrogens with two attached hydrogens (primary N) is 1. The van der Waals surface area contributed by atoms with Gasteiger partial charge in [-0.2, -0.15) is 0 Å². The van der Waals surface area contributed by atoms with Gasteiger partial charge in [0.15, 0.2) is 0 Å². The molecular formula is C13H13Cl2NS. The van der Waals surface area contributed by atoms with Crippen LogP contribution in [0.3, 0.4) is 0 Å². The molecule has 2 aromatic carbocycles. The van der Waals surface area contributed by atoms with Gasteiger partial charge in [-0.1, -0.05) is 41.9 Å². The maximum absolute atomic E-state index is 5.86. The first-order chi connectivity index (χ1) is 7.75. The van der Waals surface area contributed by atoms with Crippen molar-refractivity contribution in [3.63, 3.8) is 0 Å². The second-order valence-electron chi connectivity index (χ2n) is 3.46. The van der Waals surface area contributed by atoms with E-state index in [1.807, 2.05) is 36.4 Å². The molecule has 0 amide bonds. The van der Waals surface area contributed by atoms with Gasteiger partial charge in [-0.05, 0) is 23.8 Å². The van der Waals surface area contributed by atoms with Crippen molar-refractivity contribution < 1.29 is 0 Å². The Balaban J connectivity index is 0.00000144. The number of thioether (sulfide) groups is 1. The summed E-state index contributed by atoms with van der Waals surface area (Å²) in [5.74, 6) is 0.946. The number of rotatable bonds is 3. The Labute approximate surface area is 117 Å². The van der Waals surface area contributed by atoms with Gasteiger partial charge in [0.05, 0.1) is 10.7 Å². The van der Waals surface area contributed by atoms with Crippen molar-refractivity contribution in [1.82, 2.24) is 0 Å². The largest absolute Gasteiger partial charge is 0.397 e. The first-order valence-corrected chi connectivity index (χ1v) is 6.34. The van der Waals surface area contributed by atoms with Gasteiger partial charge < -0.3 is 5.73 Å². The molecule has 2 aromatic rings. The van der Waals surface area contributed by atoms with E-state index in [1.165, 1.54) is 5.56 Å². The summed E-state index contributed by atoms with van der Waals surface area (Å²) in [5.41, 5.74) is 7.69. The molecule has 0 aliphatic carbocycles. The number of hydrogen-bond donors (Lipinski definition) is 1. The Morgan fingerprint density at radius 1 is 1.06 bits per heavy atom. The normalized spacial score (nSPS) is 9.71. The zero-order valence-corrected chi connectivity index (χ0v) is 11.5. The Morgan fingerprint density at radius 3 is 2.41 bits per heavy atom. The van der Waals surface area contributed by atoms with Gasteiger partial charge in [-0.25, -0.2) is 0 Å². The zero-order chi connectivity index (χ0) is 11.4. The lowest BCUT2D eigenvalue weighted by atomic mass is 10.2. The summed E-state index contributed by atoms with van der Waals surface area (Å²) >= 11 is 7.62. The van der Waals surface area contributed by atoms with Gasteiger partial charge in [0.2, 0.25) is 0 Å². The van der Waals surface area contributed by atoms with Crippen LogP contribution in [0.15, 0.2) is 53.4 Å². The fourth-order valence-corrected chi connectivity index (χ4v) is 2.37. The van der Waals surface area contributed by atoms with Gasteiger partial charge in [0.1, 0.15) is 0 Å². The van der Waals surface area contributed by atoms with Crippen molar-refractivity contribution in [3.05, 3.63) is 59.1 Å². The fourth-order valence-electron chi connectivity index (χ4n) is 1.35. The van der Waals surface area contributed by atoms with E-state index in [9.17, 15) is 0 Å². The smallest absolute Gasteiger partial charge is 0.0636 e. The van der Waals surface area contributed by atoms with Crippen LogP contribution in [0.4, 0.5) is 5.69 Å². The van der Waals surface area contributed by atoms with E-state index in [-0.39, 0.29) is 12.4 Å². The summed E-state index contributed by atoms with van der Waals surface area (Å²) in [5, 5.41) is 0.615. The molecule has 0 fully saturated rings. The first-order valence-electron chi connectivity index (χ1n) is 4.97. The molecule has 90 valence electrons. The van der Waals surface area contributed by atoms with Gasteiger partial charge >= 0.3 is 0 Å².